The second kappa shape index (κ2) is 16.9. The second-order valence-corrected chi connectivity index (χ2v) is 10.9. The lowest BCUT2D eigenvalue weighted by Crippen LogP contribution is -2.27. The molecule has 0 bridgehead atoms. The highest BCUT2D eigenvalue weighted by Gasteiger charge is 2.19. The highest BCUT2D eigenvalue weighted by molar-refractivity contribution is 6.40. The third-order valence-electron chi connectivity index (χ3n) is 6.37. The molecule has 0 spiro atoms. The fraction of sp³-hybridized carbons (Fsp3) is 0.500. The molecule has 0 aliphatic carbocycles. The van der Waals surface area contributed by atoms with Crippen LogP contribution in [-0.2, 0) is 4.74 Å². The average molecular weight is 598 g/mol. The van der Waals surface area contributed by atoms with Gasteiger partial charge >= 0.3 is 0 Å². The third-order valence-corrected chi connectivity index (χ3v) is 7.16. The number of aromatic nitrogens is 2. The van der Waals surface area contributed by atoms with E-state index in [0.717, 1.165) is 19.3 Å². The van der Waals surface area contributed by atoms with Crippen molar-refractivity contribution in [1.82, 2.24) is 9.78 Å². The number of H-pyrrole nitrogens is 1. The van der Waals surface area contributed by atoms with Crippen LogP contribution in [0.25, 0.3) is 5.69 Å². The van der Waals surface area contributed by atoms with E-state index in [-0.39, 0.29) is 27.6 Å². The van der Waals surface area contributed by atoms with E-state index in [9.17, 15) is 4.79 Å². The average Bonchev–Trinajstić information content (AvgIpc) is 3.25. The van der Waals surface area contributed by atoms with Crippen LogP contribution in [0, 0.1) is 0 Å². The number of benzene rings is 2. The number of hydrogen-bond donors (Lipinski definition) is 1. The number of aromatic amines is 1. The molecule has 0 aliphatic rings. The summed E-state index contributed by atoms with van der Waals surface area (Å²) >= 11 is 18.7. The lowest BCUT2D eigenvalue weighted by molar-refractivity contribution is -0.0412. The van der Waals surface area contributed by atoms with Gasteiger partial charge in [-0.2, -0.15) is 0 Å². The van der Waals surface area contributed by atoms with E-state index in [1.54, 1.807) is 0 Å². The van der Waals surface area contributed by atoms with Crippen LogP contribution >= 0.6 is 34.8 Å². The van der Waals surface area contributed by atoms with Gasteiger partial charge in [-0.15, -0.1) is 0 Å². The third kappa shape index (κ3) is 10.4. The summed E-state index contributed by atoms with van der Waals surface area (Å²) in [6.45, 7) is 4.89. The van der Waals surface area contributed by atoms with Gasteiger partial charge in [0.15, 0.2) is 0 Å². The van der Waals surface area contributed by atoms with E-state index in [1.807, 2.05) is 30.3 Å². The van der Waals surface area contributed by atoms with Gasteiger partial charge in [-0.3, -0.25) is 9.89 Å². The van der Waals surface area contributed by atoms with Crippen LogP contribution < -0.4 is 15.0 Å². The Bertz CT molecular complexity index is 1160. The molecule has 214 valence electrons. The van der Waals surface area contributed by atoms with Crippen LogP contribution in [0.1, 0.15) is 78.1 Å². The SMILES string of the molecule is CCCCCCCCC(CCC)OCCC(Oc1ccccc1)Oc1cc(=O)n(-c2c(Cl)cc(Cl)cc2Cl)[nH]1. The van der Waals surface area contributed by atoms with E-state index in [4.69, 9.17) is 49.0 Å². The van der Waals surface area contributed by atoms with Crippen LogP contribution in [0.4, 0.5) is 0 Å². The van der Waals surface area contributed by atoms with Crippen molar-refractivity contribution in [1.29, 1.82) is 0 Å². The van der Waals surface area contributed by atoms with Gasteiger partial charge in [0.1, 0.15) is 11.4 Å². The molecule has 9 heteroatoms. The maximum atomic E-state index is 12.8. The molecule has 0 saturated heterocycles. The summed E-state index contributed by atoms with van der Waals surface area (Å²) in [5, 5.41) is 3.78. The molecule has 0 fully saturated rings. The molecule has 2 unspecified atom stereocenters. The van der Waals surface area contributed by atoms with Gasteiger partial charge < -0.3 is 14.2 Å². The van der Waals surface area contributed by atoms with Gasteiger partial charge in [-0.1, -0.05) is 112 Å². The molecule has 0 amide bonds. The zero-order valence-corrected chi connectivity index (χ0v) is 25.0. The lowest BCUT2D eigenvalue weighted by Gasteiger charge is -2.22. The van der Waals surface area contributed by atoms with Crippen molar-refractivity contribution in [2.75, 3.05) is 6.61 Å². The van der Waals surface area contributed by atoms with Gasteiger partial charge in [0.25, 0.3) is 5.56 Å². The van der Waals surface area contributed by atoms with Crippen LogP contribution in [-0.4, -0.2) is 28.8 Å². The van der Waals surface area contributed by atoms with Crippen molar-refractivity contribution in [3.05, 3.63) is 74.0 Å². The fourth-order valence-corrected chi connectivity index (χ4v) is 5.39. The highest BCUT2D eigenvalue weighted by Crippen LogP contribution is 2.31. The number of hydrogen-bond acceptors (Lipinski definition) is 4. The van der Waals surface area contributed by atoms with Crippen molar-refractivity contribution >= 4 is 34.8 Å². The molecule has 3 rings (SSSR count). The van der Waals surface area contributed by atoms with E-state index < -0.39 is 6.29 Å². The Balaban J connectivity index is 1.65. The molecule has 1 heterocycles. The number of nitrogens with zero attached hydrogens (tertiary/aromatic N) is 1. The summed E-state index contributed by atoms with van der Waals surface area (Å²) in [6.07, 6.45) is 10.8. The monoisotopic (exact) mass is 596 g/mol. The van der Waals surface area contributed by atoms with E-state index in [1.165, 1.54) is 61.4 Å². The maximum Gasteiger partial charge on any atom is 0.275 e. The minimum atomic E-state index is -0.689. The van der Waals surface area contributed by atoms with Gasteiger partial charge in [-0.25, -0.2) is 4.68 Å². The summed E-state index contributed by atoms with van der Waals surface area (Å²) in [6, 6.07) is 13.8. The standard InChI is InChI=1S/C30H39Cl3N2O4/c1-3-5-6-7-8-10-14-23(13-4-2)37-18-17-29(38-24-15-11-9-12-16-24)39-27-21-28(36)35(34-27)30-25(32)19-22(31)20-26(30)33/h9,11-12,15-16,19-21,23,29,34H,3-8,10,13-14,17-18H2,1-2H3. The maximum absolute atomic E-state index is 12.8. The van der Waals surface area contributed by atoms with Crippen molar-refractivity contribution in [2.24, 2.45) is 0 Å². The Kier molecular flexibility index (Phi) is 13.6. The number of halogens is 3. The second-order valence-electron chi connectivity index (χ2n) is 9.62. The first-order chi connectivity index (χ1) is 18.9. The van der Waals surface area contributed by atoms with Crippen LogP contribution in [0.2, 0.25) is 15.1 Å². The van der Waals surface area contributed by atoms with Crippen LogP contribution in [0.15, 0.2) is 53.3 Å². The Labute approximate surface area is 246 Å². The van der Waals surface area contributed by atoms with Crippen LogP contribution in [0.3, 0.4) is 0 Å². The Morgan fingerprint density at radius 3 is 2.21 bits per heavy atom. The summed E-state index contributed by atoms with van der Waals surface area (Å²) in [5.74, 6) is 0.880. The molecule has 39 heavy (non-hydrogen) atoms. The van der Waals surface area contributed by atoms with E-state index >= 15 is 0 Å². The molecule has 2 atom stereocenters. The summed E-state index contributed by atoms with van der Waals surface area (Å²) in [4.78, 5) is 12.8. The number of unbranched alkanes of at least 4 members (excludes halogenated alkanes) is 5. The van der Waals surface area contributed by atoms with Crippen LogP contribution in [0.5, 0.6) is 11.6 Å². The number of nitrogens with one attached hydrogen (secondary N) is 1. The molecule has 2 aromatic carbocycles. The Hall–Kier alpha value is -2.12. The molecule has 1 N–H and O–H groups in total. The smallest absolute Gasteiger partial charge is 0.275 e. The molecule has 3 aromatic rings. The van der Waals surface area contributed by atoms with Gasteiger partial charge in [0.2, 0.25) is 12.2 Å². The first-order valence-corrected chi connectivity index (χ1v) is 15.0. The van der Waals surface area contributed by atoms with Crippen molar-refractivity contribution < 1.29 is 14.2 Å². The molecule has 0 radical (unpaired) electrons. The molecular formula is C30H39Cl3N2O4. The zero-order valence-electron chi connectivity index (χ0n) is 22.8. The van der Waals surface area contributed by atoms with E-state index in [0.29, 0.717) is 29.5 Å². The topological polar surface area (TPSA) is 65.5 Å². The molecule has 0 aliphatic heterocycles. The summed E-state index contributed by atoms with van der Waals surface area (Å²) in [5.41, 5.74) is -0.0867. The van der Waals surface area contributed by atoms with Gasteiger partial charge in [0, 0.05) is 11.4 Å². The zero-order chi connectivity index (χ0) is 28.0. The number of para-hydroxylation sites is 1. The largest absolute Gasteiger partial charge is 0.455 e. The molecule has 1 aromatic heterocycles. The summed E-state index contributed by atoms with van der Waals surface area (Å²) < 4.78 is 19.7. The first kappa shape index (κ1) is 31.4. The quantitative estimate of drug-likeness (QED) is 0.117. The van der Waals surface area contributed by atoms with Crippen molar-refractivity contribution in [2.45, 2.75) is 90.4 Å². The minimum Gasteiger partial charge on any atom is -0.455 e. The van der Waals surface area contributed by atoms with Crippen molar-refractivity contribution in [3.8, 4) is 17.3 Å². The fourth-order valence-electron chi connectivity index (χ4n) is 4.40. The molecule has 6 nitrogen and oxygen atoms in total. The van der Waals surface area contributed by atoms with E-state index in [2.05, 4.69) is 18.9 Å². The highest BCUT2D eigenvalue weighted by atomic mass is 35.5. The van der Waals surface area contributed by atoms with Gasteiger partial charge in [0.05, 0.1) is 28.8 Å². The lowest BCUT2D eigenvalue weighted by atomic mass is 10.0. The minimum absolute atomic E-state index is 0.216. The predicted octanol–water partition coefficient (Wildman–Crippen LogP) is 9.24. The summed E-state index contributed by atoms with van der Waals surface area (Å²) in [7, 11) is 0. The Morgan fingerprint density at radius 2 is 1.51 bits per heavy atom. The number of ether oxygens (including phenoxy) is 3. The van der Waals surface area contributed by atoms with Gasteiger partial charge in [-0.05, 0) is 37.1 Å². The first-order valence-electron chi connectivity index (χ1n) is 13.9. The Morgan fingerprint density at radius 1 is 0.821 bits per heavy atom. The molecular weight excluding hydrogens is 559 g/mol. The predicted molar refractivity (Wildman–Crippen MR) is 160 cm³/mol. The van der Waals surface area contributed by atoms with Crippen molar-refractivity contribution in [3.63, 3.8) is 0 Å². The normalized spacial score (nSPS) is 12.8. The molecule has 0 saturated carbocycles. The number of rotatable bonds is 18.